The molecule has 1 fully saturated rings. The van der Waals surface area contributed by atoms with Crippen molar-refractivity contribution in [2.45, 2.75) is 38.6 Å². The molecule has 0 aliphatic carbocycles. The minimum atomic E-state index is -0.960. The highest BCUT2D eigenvalue weighted by Gasteiger charge is 2.50. The van der Waals surface area contributed by atoms with Crippen LogP contribution in [0.3, 0.4) is 0 Å². The van der Waals surface area contributed by atoms with E-state index in [9.17, 15) is 4.79 Å². The summed E-state index contributed by atoms with van der Waals surface area (Å²) in [7, 11) is 0. The van der Waals surface area contributed by atoms with Crippen LogP contribution < -0.4 is 0 Å². The third-order valence-electron chi connectivity index (χ3n) is 1.68. The quantitative estimate of drug-likeness (QED) is 0.434. The number of cyclic esters (lactones) is 1. The van der Waals surface area contributed by atoms with Gasteiger partial charge in [-0.2, -0.15) is 0 Å². The lowest BCUT2D eigenvalue weighted by Gasteiger charge is -2.19. The average Bonchev–Trinajstić information content (AvgIpc) is 2.02. The van der Waals surface area contributed by atoms with E-state index in [2.05, 4.69) is 5.92 Å². The minimum Gasteiger partial charge on any atom is -0.431 e. The zero-order chi connectivity index (χ0) is 9.41. The van der Waals surface area contributed by atoms with Crippen molar-refractivity contribution in [1.82, 2.24) is 0 Å². The minimum absolute atomic E-state index is 0.245. The van der Waals surface area contributed by atoms with Gasteiger partial charge in [-0.05, 0) is 6.92 Å². The summed E-state index contributed by atoms with van der Waals surface area (Å²) >= 11 is 0. The Kier molecular flexibility index (Phi) is 1.89. The maximum atomic E-state index is 11.3. The molecule has 0 N–H and O–H groups in total. The maximum absolute atomic E-state index is 11.3. The highest BCUT2D eigenvalue weighted by molar-refractivity contribution is 5.81. The summed E-state index contributed by atoms with van der Waals surface area (Å²) in [6.07, 6.45) is 5.35. The van der Waals surface area contributed by atoms with E-state index in [0.717, 1.165) is 0 Å². The molecule has 0 saturated carbocycles. The Morgan fingerprint density at radius 1 is 1.50 bits per heavy atom. The Labute approximate surface area is 72.0 Å². The second-order valence-corrected chi connectivity index (χ2v) is 3.50. The summed E-state index contributed by atoms with van der Waals surface area (Å²) < 4.78 is 10.3. The van der Waals surface area contributed by atoms with Crippen LogP contribution in [0.5, 0.6) is 0 Å². The molecule has 1 heterocycles. The summed E-state index contributed by atoms with van der Waals surface area (Å²) in [5.41, 5.74) is -0.960. The van der Waals surface area contributed by atoms with Gasteiger partial charge >= 0.3 is 5.97 Å². The molecule has 0 amide bonds. The van der Waals surface area contributed by atoms with Crippen LogP contribution in [0.2, 0.25) is 0 Å². The van der Waals surface area contributed by atoms with Crippen LogP contribution in [0.15, 0.2) is 0 Å². The zero-order valence-corrected chi connectivity index (χ0v) is 7.51. The number of hydrogen-bond acceptors (Lipinski definition) is 3. The predicted molar refractivity (Wildman–Crippen MR) is 43.1 cm³/mol. The van der Waals surface area contributed by atoms with Gasteiger partial charge in [0.2, 0.25) is 5.79 Å². The first-order valence-corrected chi connectivity index (χ1v) is 3.77. The van der Waals surface area contributed by atoms with E-state index in [0.29, 0.717) is 0 Å². The van der Waals surface area contributed by atoms with Gasteiger partial charge in [0.15, 0.2) is 5.60 Å². The molecule has 66 valence electrons. The van der Waals surface area contributed by atoms with E-state index in [4.69, 9.17) is 15.9 Å². The molecule has 0 aromatic heterocycles. The Balaban J connectivity index is 2.83. The van der Waals surface area contributed by atoms with E-state index >= 15 is 0 Å². The lowest BCUT2D eigenvalue weighted by molar-refractivity contribution is -0.164. The summed E-state index contributed by atoms with van der Waals surface area (Å²) in [6, 6.07) is 0. The first-order chi connectivity index (χ1) is 5.40. The molecule has 1 aliphatic heterocycles. The molecule has 12 heavy (non-hydrogen) atoms. The van der Waals surface area contributed by atoms with Crippen molar-refractivity contribution in [3.63, 3.8) is 0 Å². The van der Waals surface area contributed by atoms with Crippen LogP contribution in [-0.2, 0) is 14.3 Å². The number of rotatable bonds is 1. The van der Waals surface area contributed by atoms with Gasteiger partial charge in [0.1, 0.15) is 0 Å². The summed E-state index contributed by atoms with van der Waals surface area (Å²) in [5.74, 6) is 1.16. The smallest absolute Gasteiger partial charge is 0.341 e. The number of terminal acetylenes is 1. The SMILES string of the molecule is C#CCC1(C)OC(C)(C)OC1=O. The lowest BCUT2D eigenvalue weighted by atomic mass is 10.0. The lowest BCUT2D eigenvalue weighted by Crippen LogP contribution is -2.33. The fraction of sp³-hybridized carbons (Fsp3) is 0.667. The van der Waals surface area contributed by atoms with Gasteiger partial charge in [0.25, 0.3) is 0 Å². The van der Waals surface area contributed by atoms with Crippen molar-refractivity contribution in [2.24, 2.45) is 0 Å². The molecule has 1 saturated heterocycles. The number of carbonyl (C=O) groups excluding carboxylic acids is 1. The molecule has 0 aromatic carbocycles. The normalized spacial score (nSPS) is 32.7. The molecule has 3 nitrogen and oxygen atoms in total. The molecule has 1 atom stereocenters. The van der Waals surface area contributed by atoms with Gasteiger partial charge in [-0.25, -0.2) is 4.79 Å². The summed E-state index contributed by atoms with van der Waals surface area (Å²) in [4.78, 5) is 11.3. The maximum Gasteiger partial charge on any atom is 0.341 e. The monoisotopic (exact) mass is 168 g/mol. The highest BCUT2D eigenvalue weighted by Crippen LogP contribution is 2.33. The largest absolute Gasteiger partial charge is 0.431 e. The van der Waals surface area contributed by atoms with Gasteiger partial charge in [-0.1, -0.05) is 0 Å². The number of esters is 1. The Hall–Kier alpha value is -1.01. The Bertz CT molecular complexity index is 249. The second kappa shape index (κ2) is 2.49. The molecule has 0 radical (unpaired) electrons. The first kappa shape index (κ1) is 9.08. The molecule has 1 aliphatic rings. The van der Waals surface area contributed by atoms with Crippen LogP contribution in [0.4, 0.5) is 0 Å². The molecule has 0 spiro atoms. The van der Waals surface area contributed by atoms with Gasteiger partial charge in [0, 0.05) is 20.3 Å². The molecular formula is C9H12O3. The summed E-state index contributed by atoms with van der Waals surface area (Å²) in [6.45, 7) is 5.02. The Morgan fingerprint density at radius 3 is 2.42 bits per heavy atom. The van der Waals surface area contributed by atoms with Gasteiger partial charge < -0.3 is 9.47 Å². The van der Waals surface area contributed by atoms with Gasteiger partial charge in [-0.15, -0.1) is 12.3 Å². The van der Waals surface area contributed by atoms with E-state index in [1.165, 1.54) is 0 Å². The van der Waals surface area contributed by atoms with Gasteiger partial charge in [0.05, 0.1) is 0 Å². The van der Waals surface area contributed by atoms with E-state index < -0.39 is 11.4 Å². The second-order valence-electron chi connectivity index (χ2n) is 3.50. The molecule has 1 rings (SSSR count). The fourth-order valence-corrected chi connectivity index (χ4v) is 1.24. The topological polar surface area (TPSA) is 35.5 Å². The van der Waals surface area contributed by atoms with E-state index in [1.54, 1.807) is 20.8 Å². The zero-order valence-electron chi connectivity index (χ0n) is 7.51. The average molecular weight is 168 g/mol. The number of carbonyl (C=O) groups is 1. The van der Waals surface area contributed by atoms with Crippen molar-refractivity contribution in [3.8, 4) is 12.3 Å². The molecular weight excluding hydrogens is 156 g/mol. The van der Waals surface area contributed by atoms with Crippen molar-refractivity contribution in [2.75, 3.05) is 0 Å². The third kappa shape index (κ3) is 1.44. The van der Waals surface area contributed by atoms with Crippen LogP contribution in [0.1, 0.15) is 27.2 Å². The highest BCUT2D eigenvalue weighted by atomic mass is 16.8. The third-order valence-corrected chi connectivity index (χ3v) is 1.68. The first-order valence-electron chi connectivity index (χ1n) is 3.77. The van der Waals surface area contributed by atoms with Crippen molar-refractivity contribution >= 4 is 5.97 Å². The van der Waals surface area contributed by atoms with Crippen LogP contribution in [0, 0.1) is 12.3 Å². The number of hydrogen-bond donors (Lipinski definition) is 0. The number of ether oxygens (including phenoxy) is 2. The molecule has 0 bridgehead atoms. The van der Waals surface area contributed by atoms with E-state index in [-0.39, 0.29) is 12.4 Å². The standard InChI is InChI=1S/C9H12O3/c1-5-6-9(4)7(10)11-8(2,3)12-9/h1H,6H2,2-4H3. The van der Waals surface area contributed by atoms with Gasteiger partial charge in [-0.3, -0.25) is 0 Å². The van der Waals surface area contributed by atoms with Crippen molar-refractivity contribution in [3.05, 3.63) is 0 Å². The summed E-state index contributed by atoms with van der Waals surface area (Å²) in [5, 5.41) is 0. The molecule has 3 heteroatoms. The predicted octanol–water partition coefficient (Wildman–Crippen LogP) is 1.08. The Morgan fingerprint density at radius 2 is 2.08 bits per heavy atom. The molecule has 0 aromatic rings. The van der Waals surface area contributed by atoms with Crippen LogP contribution >= 0.6 is 0 Å². The van der Waals surface area contributed by atoms with Crippen LogP contribution in [0.25, 0.3) is 0 Å². The fourth-order valence-electron chi connectivity index (χ4n) is 1.24. The van der Waals surface area contributed by atoms with Crippen molar-refractivity contribution in [1.29, 1.82) is 0 Å². The van der Waals surface area contributed by atoms with E-state index in [1.807, 2.05) is 0 Å². The van der Waals surface area contributed by atoms with Crippen molar-refractivity contribution < 1.29 is 14.3 Å². The van der Waals surface area contributed by atoms with Crippen LogP contribution in [-0.4, -0.2) is 17.4 Å². The molecule has 1 unspecified atom stereocenters.